The van der Waals surface area contributed by atoms with Gasteiger partial charge in [0, 0.05) is 11.8 Å². The number of hydrogen-bond acceptors (Lipinski definition) is 4. The van der Waals surface area contributed by atoms with E-state index in [2.05, 4.69) is 12.2 Å². The van der Waals surface area contributed by atoms with Crippen LogP contribution >= 0.6 is 11.3 Å². The van der Waals surface area contributed by atoms with E-state index < -0.39 is 0 Å². The third kappa shape index (κ3) is 3.20. The molecule has 0 spiro atoms. The fraction of sp³-hybridized carbons (Fsp3) is 0.600. The molecule has 1 aromatic rings. The summed E-state index contributed by atoms with van der Waals surface area (Å²) in [6.45, 7) is 6.06. The molecule has 1 aliphatic carbocycles. The lowest BCUT2D eigenvalue weighted by Crippen LogP contribution is -2.15. The van der Waals surface area contributed by atoms with Crippen molar-refractivity contribution in [1.29, 1.82) is 0 Å². The zero-order valence-corrected chi connectivity index (χ0v) is 13.1. The van der Waals surface area contributed by atoms with Crippen molar-refractivity contribution in [2.45, 2.75) is 46.5 Å². The molecule has 110 valence electrons. The third-order valence-electron chi connectivity index (χ3n) is 3.44. The molecule has 1 amide bonds. The maximum absolute atomic E-state index is 12.3. The number of hydrogen-bond donors (Lipinski definition) is 1. The molecule has 0 radical (unpaired) electrons. The lowest BCUT2D eigenvalue weighted by atomic mass is 9.88. The molecule has 0 saturated carbocycles. The number of nitrogens with one attached hydrogen (secondary N) is 1. The second-order valence-corrected chi connectivity index (χ2v) is 6.48. The maximum atomic E-state index is 12.3. The molecule has 0 aliphatic heterocycles. The van der Waals surface area contributed by atoms with Crippen LogP contribution in [0, 0.1) is 5.92 Å². The minimum Gasteiger partial charge on any atom is -0.462 e. The normalized spacial score (nSPS) is 17.4. The second-order valence-electron chi connectivity index (χ2n) is 5.37. The number of amides is 1. The van der Waals surface area contributed by atoms with Crippen LogP contribution in [0.15, 0.2) is 0 Å². The number of carbonyl (C=O) groups excluding carboxylic acids is 2. The van der Waals surface area contributed by atoms with Gasteiger partial charge in [-0.15, -0.1) is 11.3 Å². The number of carbonyl (C=O) groups is 2. The number of ether oxygens (including phenoxy) is 1. The molecular weight excluding hydrogens is 274 g/mol. The third-order valence-corrected chi connectivity index (χ3v) is 4.61. The van der Waals surface area contributed by atoms with E-state index in [-0.39, 0.29) is 11.9 Å². The van der Waals surface area contributed by atoms with Crippen LogP contribution < -0.4 is 5.32 Å². The van der Waals surface area contributed by atoms with Crippen molar-refractivity contribution in [3.8, 4) is 0 Å². The lowest BCUT2D eigenvalue weighted by Gasteiger charge is -2.18. The van der Waals surface area contributed by atoms with Gasteiger partial charge in [-0.1, -0.05) is 13.8 Å². The fourth-order valence-electron chi connectivity index (χ4n) is 2.48. The van der Waals surface area contributed by atoms with Gasteiger partial charge in [-0.05, 0) is 37.2 Å². The van der Waals surface area contributed by atoms with E-state index in [1.807, 2.05) is 6.92 Å². The Morgan fingerprint density at radius 3 is 2.85 bits per heavy atom. The Bertz CT molecular complexity index is 521. The van der Waals surface area contributed by atoms with E-state index in [1.54, 1.807) is 0 Å². The fourth-order valence-corrected chi connectivity index (χ4v) is 3.93. The van der Waals surface area contributed by atoms with Crippen LogP contribution in [0.3, 0.4) is 0 Å². The van der Waals surface area contributed by atoms with E-state index >= 15 is 0 Å². The Balaban J connectivity index is 2.35. The summed E-state index contributed by atoms with van der Waals surface area (Å²) in [6, 6.07) is 0. The van der Waals surface area contributed by atoms with Crippen molar-refractivity contribution in [2.75, 3.05) is 11.9 Å². The highest BCUT2D eigenvalue weighted by molar-refractivity contribution is 7.17. The van der Waals surface area contributed by atoms with Gasteiger partial charge in [-0.2, -0.15) is 0 Å². The molecular formula is C15H21NO3S. The van der Waals surface area contributed by atoms with Crippen LogP contribution in [-0.4, -0.2) is 18.5 Å². The zero-order valence-electron chi connectivity index (χ0n) is 12.2. The SMILES string of the molecule is CCCOC(=O)c1c(NC(C)=O)sc2c1CC[C@H](C)C2. The van der Waals surface area contributed by atoms with Crippen LogP contribution in [0.5, 0.6) is 0 Å². The van der Waals surface area contributed by atoms with E-state index in [0.29, 0.717) is 23.1 Å². The average Bonchev–Trinajstić information content (AvgIpc) is 2.71. The van der Waals surface area contributed by atoms with Gasteiger partial charge in [0.2, 0.25) is 5.91 Å². The molecule has 0 fully saturated rings. The predicted octanol–water partition coefficient (Wildman–Crippen LogP) is 3.40. The van der Waals surface area contributed by atoms with Crippen molar-refractivity contribution in [2.24, 2.45) is 5.92 Å². The first-order chi connectivity index (χ1) is 9.52. The maximum Gasteiger partial charge on any atom is 0.341 e. The molecule has 0 aromatic carbocycles. The van der Waals surface area contributed by atoms with Crippen molar-refractivity contribution in [1.82, 2.24) is 0 Å². The van der Waals surface area contributed by atoms with Gasteiger partial charge in [0.15, 0.2) is 0 Å². The zero-order chi connectivity index (χ0) is 14.7. The highest BCUT2D eigenvalue weighted by atomic mass is 32.1. The summed E-state index contributed by atoms with van der Waals surface area (Å²) < 4.78 is 5.27. The number of fused-ring (bicyclic) bond motifs is 1. The number of rotatable bonds is 4. The summed E-state index contributed by atoms with van der Waals surface area (Å²) >= 11 is 1.52. The van der Waals surface area contributed by atoms with E-state index in [0.717, 1.165) is 31.2 Å². The van der Waals surface area contributed by atoms with Gasteiger partial charge in [-0.3, -0.25) is 4.79 Å². The van der Waals surface area contributed by atoms with Crippen LogP contribution in [-0.2, 0) is 22.4 Å². The van der Waals surface area contributed by atoms with Gasteiger partial charge in [0.1, 0.15) is 5.00 Å². The molecule has 0 saturated heterocycles. The van der Waals surface area contributed by atoms with Crippen molar-refractivity contribution in [3.63, 3.8) is 0 Å². The second kappa shape index (κ2) is 6.39. The Morgan fingerprint density at radius 2 is 2.20 bits per heavy atom. The van der Waals surface area contributed by atoms with Crippen molar-refractivity contribution >= 4 is 28.2 Å². The quantitative estimate of drug-likeness (QED) is 0.866. The molecule has 0 unspecified atom stereocenters. The lowest BCUT2D eigenvalue weighted by molar-refractivity contribution is -0.114. The summed E-state index contributed by atoms with van der Waals surface area (Å²) in [5, 5.41) is 3.43. The Hall–Kier alpha value is -1.36. The number of anilines is 1. The topological polar surface area (TPSA) is 55.4 Å². The van der Waals surface area contributed by atoms with Crippen molar-refractivity contribution in [3.05, 3.63) is 16.0 Å². The first kappa shape index (κ1) is 15.0. The van der Waals surface area contributed by atoms with Crippen LogP contribution in [0.2, 0.25) is 0 Å². The average molecular weight is 295 g/mol. The molecule has 1 aromatic heterocycles. The number of esters is 1. The summed E-state index contributed by atoms with van der Waals surface area (Å²) in [4.78, 5) is 24.8. The van der Waals surface area contributed by atoms with Gasteiger partial charge in [0.25, 0.3) is 0 Å². The van der Waals surface area contributed by atoms with Crippen LogP contribution in [0.4, 0.5) is 5.00 Å². The molecule has 0 bridgehead atoms. The van der Waals surface area contributed by atoms with E-state index in [9.17, 15) is 9.59 Å². The highest BCUT2D eigenvalue weighted by Crippen LogP contribution is 2.40. The summed E-state index contributed by atoms with van der Waals surface area (Å²) in [5.41, 5.74) is 1.67. The van der Waals surface area contributed by atoms with Crippen LogP contribution in [0.1, 0.15) is 54.4 Å². The van der Waals surface area contributed by atoms with Crippen LogP contribution in [0.25, 0.3) is 0 Å². The molecule has 5 heteroatoms. The first-order valence-corrected chi connectivity index (χ1v) is 7.93. The smallest absolute Gasteiger partial charge is 0.341 e. The van der Waals surface area contributed by atoms with E-state index in [4.69, 9.17) is 4.74 Å². The molecule has 2 rings (SSSR count). The first-order valence-electron chi connectivity index (χ1n) is 7.12. The van der Waals surface area contributed by atoms with E-state index in [1.165, 1.54) is 23.1 Å². The standard InChI is InChI=1S/C15H21NO3S/c1-4-7-19-15(18)13-11-6-5-9(2)8-12(11)20-14(13)16-10(3)17/h9H,4-8H2,1-3H3,(H,16,17)/t9-/m0/s1. The Labute approximate surface area is 123 Å². The van der Waals surface area contributed by atoms with Crippen molar-refractivity contribution < 1.29 is 14.3 Å². The predicted molar refractivity (Wildman–Crippen MR) is 80.4 cm³/mol. The molecule has 1 aliphatic rings. The van der Waals surface area contributed by atoms with Gasteiger partial charge in [0.05, 0.1) is 12.2 Å². The van der Waals surface area contributed by atoms with Gasteiger partial charge >= 0.3 is 5.97 Å². The Morgan fingerprint density at radius 1 is 1.45 bits per heavy atom. The number of thiophene rings is 1. The molecule has 1 heterocycles. The monoisotopic (exact) mass is 295 g/mol. The minimum absolute atomic E-state index is 0.152. The molecule has 20 heavy (non-hydrogen) atoms. The summed E-state index contributed by atoms with van der Waals surface area (Å²) in [7, 11) is 0. The largest absolute Gasteiger partial charge is 0.462 e. The summed E-state index contributed by atoms with van der Waals surface area (Å²) in [5.74, 6) is 0.176. The minimum atomic E-state index is -0.303. The van der Waals surface area contributed by atoms with Gasteiger partial charge < -0.3 is 10.1 Å². The van der Waals surface area contributed by atoms with Gasteiger partial charge in [-0.25, -0.2) is 4.79 Å². The summed E-state index contributed by atoms with van der Waals surface area (Å²) in [6.07, 6.45) is 3.75. The Kier molecular flexibility index (Phi) is 4.81. The molecule has 4 nitrogen and oxygen atoms in total. The highest BCUT2D eigenvalue weighted by Gasteiger charge is 2.28. The molecule has 1 atom stereocenters. The molecule has 1 N–H and O–H groups in total.